The number of nitrogens with two attached hydrogens (primary N) is 1. The van der Waals surface area contributed by atoms with E-state index in [2.05, 4.69) is 5.10 Å². The average Bonchev–Trinajstić information content (AvgIpc) is 2.66. The highest BCUT2D eigenvalue weighted by Crippen LogP contribution is 2.19. The molecular weight excluding hydrogens is 209 g/mol. The molecule has 0 saturated heterocycles. The van der Waals surface area contributed by atoms with Crippen molar-refractivity contribution in [2.45, 2.75) is 0 Å². The minimum Gasteiger partial charge on any atom is -0.398 e. The lowest BCUT2D eigenvalue weighted by Crippen LogP contribution is -2.27. The lowest BCUT2D eigenvalue weighted by atomic mass is 10.1. The smallest absolute Gasteiger partial charge is 0.202 e. The van der Waals surface area contributed by atoms with E-state index in [4.69, 9.17) is 5.73 Å². The van der Waals surface area contributed by atoms with Crippen molar-refractivity contribution in [1.82, 2.24) is 5.10 Å². The van der Waals surface area contributed by atoms with Crippen LogP contribution in [0.4, 0.5) is 5.69 Å². The topological polar surface area (TPSA) is 62.8 Å². The molecule has 0 fully saturated rings. The summed E-state index contributed by atoms with van der Waals surface area (Å²) in [5.41, 5.74) is 8.26. The molecule has 0 saturated carbocycles. The largest absolute Gasteiger partial charge is 0.398 e. The van der Waals surface area contributed by atoms with Gasteiger partial charge in [0, 0.05) is 5.69 Å². The van der Waals surface area contributed by atoms with Gasteiger partial charge in [0.15, 0.2) is 15.5 Å². The van der Waals surface area contributed by atoms with Gasteiger partial charge in [-0.3, -0.25) is 4.57 Å². The van der Waals surface area contributed by atoms with Gasteiger partial charge in [-0.05, 0) is 17.7 Å². The van der Waals surface area contributed by atoms with E-state index in [1.54, 1.807) is 6.07 Å². The Morgan fingerprint density at radius 2 is 2.20 bits per heavy atom. The summed E-state index contributed by atoms with van der Waals surface area (Å²) in [5, 5.41) is 3.65. The van der Waals surface area contributed by atoms with E-state index in [1.807, 2.05) is 36.3 Å². The van der Waals surface area contributed by atoms with E-state index >= 15 is 0 Å². The van der Waals surface area contributed by atoms with Gasteiger partial charge in [-0.2, -0.15) is 5.10 Å². The molecule has 3 N–H and O–H groups in total. The number of aryl methyl sites for hydroxylation is 1. The first-order valence-electron chi connectivity index (χ1n) is 4.48. The second-order valence-electron chi connectivity index (χ2n) is 3.33. The van der Waals surface area contributed by atoms with Gasteiger partial charge >= 0.3 is 0 Å². The van der Waals surface area contributed by atoms with Gasteiger partial charge in [0.1, 0.15) is 0 Å². The van der Waals surface area contributed by atoms with Crippen LogP contribution in [0.2, 0.25) is 0 Å². The van der Waals surface area contributed by atoms with Gasteiger partial charge in [0.25, 0.3) is 0 Å². The van der Waals surface area contributed by atoms with Crippen molar-refractivity contribution in [2.24, 2.45) is 7.05 Å². The maximum absolute atomic E-state index is 10.8. The molecule has 0 radical (unpaired) electrons. The molecule has 0 atom stereocenters. The predicted molar refractivity (Wildman–Crippen MR) is 59.1 cm³/mol. The van der Waals surface area contributed by atoms with Crippen molar-refractivity contribution >= 4 is 19.5 Å². The number of benzene rings is 1. The van der Waals surface area contributed by atoms with Gasteiger partial charge in [0.2, 0.25) is 6.20 Å². The summed E-state index contributed by atoms with van der Waals surface area (Å²) in [6.45, 7) is 0. The van der Waals surface area contributed by atoms with Crippen molar-refractivity contribution in [3.05, 3.63) is 30.6 Å². The predicted octanol–water partition coefficient (Wildman–Crippen LogP) is 1.01. The summed E-state index contributed by atoms with van der Waals surface area (Å²) in [7, 11) is 1.86. The molecule has 1 aromatic heterocycles. The van der Waals surface area contributed by atoms with E-state index in [0.29, 0.717) is 11.0 Å². The number of rotatable bonds is 2. The second kappa shape index (κ2) is 3.83. The molecular formula is C10H11N3OP+. The zero-order valence-corrected chi connectivity index (χ0v) is 9.16. The molecule has 0 spiro atoms. The number of aromatic nitrogens is 2. The Morgan fingerprint density at radius 3 is 2.80 bits per heavy atom. The molecule has 1 heterocycles. The number of anilines is 1. The number of nitrogens with zero attached hydrogens (tertiary/aromatic N) is 1. The van der Waals surface area contributed by atoms with Crippen LogP contribution in [0.15, 0.2) is 30.6 Å². The molecule has 0 bridgehead atoms. The van der Waals surface area contributed by atoms with Crippen LogP contribution in [0.5, 0.6) is 0 Å². The molecule has 5 heteroatoms. The minimum absolute atomic E-state index is 0.0480. The number of aromatic amines is 1. The highest BCUT2D eigenvalue weighted by atomic mass is 31.1. The number of hydrogen-bond acceptors (Lipinski definition) is 2. The lowest BCUT2D eigenvalue weighted by molar-refractivity contribution is -0.726. The van der Waals surface area contributed by atoms with Crippen molar-refractivity contribution in [1.29, 1.82) is 0 Å². The minimum atomic E-state index is -0.0480. The van der Waals surface area contributed by atoms with Gasteiger partial charge in [-0.25, -0.2) is 0 Å². The monoisotopic (exact) mass is 220 g/mol. The standard InChI is InChI=1S/C10H10N3OP/c1-13-6-8(5-12-13)7-2-3-9(11)10(4-7)15-14/h2-6H,1H3,(H2,11,14)/p+1. The third-order valence-electron chi connectivity index (χ3n) is 2.22. The normalized spacial score (nSPS) is 10.7. The number of hydrogen-bond donors (Lipinski definition) is 2. The average molecular weight is 220 g/mol. The summed E-state index contributed by atoms with van der Waals surface area (Å²) >= 11 is 0. The van der Waals surface area contributed by atoms with Crippen LogP contribution in [-0.2, 0) is 11.6 Å². The van der Waals surface area contributed by atoms with Gasteiger partial charge < -0.3 is 5.73 Å². The molecule has 0 unspecified atom stereocenters. The van der Waals surface area contributed by atoms with Crippen LogP contribution < -0.4 is 15.7 Å². The van der Waals surface area contributed by atoms with Crippen LogP contribution in [0.1, 0.15) is 0 Å². The Balaban J connectivity index is 2.50. The van der Waals surface area contributed by atoms with Crippen LogP contribution in [0, 0.1) is 0 Å². The maximum atomic E-state index is 10.8. The first kappa shape index (κ1) is 9.87. The van der Waals surface area contributed by atoms with Crippen molar-refractivity contribution in [3.63, 3.8) is 0 Å². The van der Waals surface area contributed by atoms with Crippen molar-refractivity contribution in [3.8, 4) is 11.1 Å². The molecule has 0 aliphatic rings. The fourth-order valence-electron chi connectivity index (χ4n) is 1.41. The van der Waals surface area contributed by atoms with E-state index < -0.39 is 0 Å². The maximum Gasteiger partial charge on any atom is 0.202 e. The first-order valence-corrected chi connectivity index (χ1v) is 5.29. The van der Waals surface area contributed by atoms with E-state index in [9.17, 15) is 4.57 Å². The Morgan fingerprint density at radius 1 is 1.40 bits per heavy atom. The third kappa shape index (κ3) is 1.90. The quantitative estimate of drug-likeness (QED) is 0.450. The summed E-state index contributed by atoms with van der Waals surface area (Å²) in [6, 6.07) is 5.50. The highest BCUT2D eigenvalue weighted by Gasteiger charge is 2.07. The third-order valence-corrected chi connectivity index (χ3v) is 2.80. The fourth-order valence-corrected chi connectivity index (χ4v) is 1.79. The summed E-state index contributed by atoms with van der Waals surface area (Å²) < 4.78 is 12.7. The van der Waals surface area contributed by atoms with E-state index in [0.717, 1.165) is 11.1 Å². The summed E-state index contributed by atoms with van der Waals surface area (Å²) in [4.78, 5) is 0. The highest BCUT2D eigenvalue weighted by molar-refractivity contribution is 7.34. The van der Waals surface area contributed by atoms with Crippen LogP contribution in [0.3, 0.4) is 0 Å². The van der Waals surface area contributed by atoms with E-state index in [-0.39, 0.29) is 8.46 Å². The number of nitrogen functional groups attached to an aromatic ring is 1. The molecule has 4 nitrogen and oxygen atoms in total. The molecule has 0 amide bonds. The summed E-state index contributed by atoms with van der Waals surface area (Å²) in [5.74, 6) is 0. The molecule has 15 heavy (non-hydrogen) atoms. The zero-order chi connectivity index (χ0) is 10.8. The van der Waals surface area contributed by atoms with Crippen LogP contribution in [0.25, 0.3) is 11.1 Å². The van der Waals surface area contributed by atoms with Crippen molar-refractivity contribution < 1.29 is 9.25 Å². The van der Waals surface area contributed by atoms with Gasteiger partial charge in [-0.15, -0.1) is 4.68 Å². The van der Waals surface area contributed by atoms with Crippen LogP contribution in [-0.4, -0.2) is 5.10 Å². The Bertz CT molecular complexity index is 507. The number of H-pyrrole nitrogens is 1. The molecule has 2 rings (SSSR count). The first-order chi connectivity index (χ1) is 7.20. The zero-order valence-electron chi connectivity index (χ0n) is 8.27. The van der Waals surface area contributed by atoms with E-state index in [1.165, 1.54) is 0 Å². The summed E-state index contributed by atoms with van der Waals surface area (Å²) in [6.07, 6.45) is 3.84. The SMILES string of the molecule is C[n+]1cc(-c2ccc(N)c(P=O)c2)c[nH]1. The fraction of sp³-hybridized carbons (Fsp3) is 0.100. The van der Waals surface area contributed by atoms with Crippen LogP contribution >= 0.6 is 8.46 Å². The Labute approximate surface area is 88.9 Å². The molecule has 1 aromatic carbocycles. The van der Waals surface area contributed by atoms with Gasteiger partial charge in [0.05, 0.1) is 17.1 Å². The second-order valence-corrected chi connectivity index (χ2v) is 4.00. The molecule has 76 valence electrons. The number of nitrogens with one attached hydrogen (secondary N) is 1. The van der Waals surface area contributed by atoms with Gasteiger partial charge in [-0.1, -0.05) is 6.07 Å². The molecule has 2 aromatic rings. The molecule has 0 aliphatic heterocycles. The molecule has 0 aliphatic carbocycles. The Hall–Kier alpha value is -1.67. The Kier molecular flexibility index (Phi) is 2.52. The lowest BCUT2D eigenvalue weighted by Gasteiger charge is -1.99. The van der Waals surface area contributed by atoms with Crippen molar-refractivity contribution in [2.75, 3.05) is 5.73 Å².